The second-order valence-corrected chi connectivity index (χ2v) is 7.34. The summed E-state index contributed by atoms with van der Waals surface area (Å²) >= 11 is 1.54. The quantitative estimate of drug-likeness (QED) is 0.418. The molecule has 1 amide bonds. The molecule has 3 rings (SSSR count). The third kappa shape index (κ3) is 5.96. The van der Waals surface area contributed by atoms with Crippen LogP contribution in [0.15, 0.2) is 89.8 Å². The van der Waals surface area contributed by atoms with E-state index in [1.807, 2.05) is 91.2 Å². The van der Waals surface area contributed by atoms with Gasteiger partial charge in [0.2, 0.25) is 0 Å². The number of para-hydroxylation sites is 1. The zero-order valence-electron chi connectivity index (χ0n) is 16.2. The van der Waals surface area contributed by atoms with Gasteiger partial charge in [0.25, 0.3) is 5.91 Å². The molecule has 0 fully saturated rings. The second-order valence-electron chi connectivity index (χ2n) is 6.49. The third-order valence-corrected chi connectivity index (χ3v) is 5.32. The van der Waals surface area contributed by atoms with Crippen LogP contribution in [-0.4, -0.2) is 24.7 Å². The summed E-state index contributed by atoms with van der Waals surface area (Å²) in [7, 11) is 0. The van der Waals surface area contributed by atoms with Crippen LogP contribution in [0, 0.1) is 0 Å². The van der Waals surface area contributed by atoms with Gasteiger partial charge in [-0.25, -0.2) is 0 Å². The molecule has 3 aromatic carbocycles. The lowest BCUT2D eigenvalue weighted by atomic mass is 9.89. The van der Waals surface area contributed by atoms with Gasteiger partial charge in [0.1, 0.15) is 0 Å². The minimum Gasteiger partial charge on any atom is -0.456 e. The minimum atomic E-state index is -0.406. The Morgan fingerprint density at radius 1 is 0.862 bits per heavy atom. The van der Waals surface area contributed by atoms with Crippen LogP contribution >= 0.6 is 11.8 Å². The van der Waals surface area contributed by atoms with Gasteiger partial charge >= 0.3 is 5.97 Å². The fourth-order valence-corrected chi connectivity index (χ4v) is 3.66. The number of ether oxygens (including phenoxy) is 1. The summed E-state index contributed by atoms with van der Waals surface area (Å²) in [5, 5.41) is 2.80. The van der Waals surface area contributed by atoms with Crippen LogP contribution in [0.3, 0.4) is 0 Å². The number of anilines is 1. The molecule has 148 valence electrons. The van der Waals surface area contributed by atoms with E-state index in [4.69, 9.17) is 4.74 Å². The molecule has 3 aromatic rings. The van der Waals surface area contributed by atoms with Gasteiger partial charge in [0.15, 0.2) is 6.61 Å². The third-order valence-electron chi connectivity index (χ3n) is 4.52. The topological polar surface area (TPSA) is 55.4 Å². The Morgan fingerprint density at radius 3 is 2.00 bits per heavy atom. The van der Waals surface area contributed by atoms with Crippen molar-refractivity contribution in [2.45, 2.75) is 17.2 Å². The monoisotopic (exact) mass is 405 g/mol. The number of nitrogens with one attached hydrogen (secondary N) is 1. The van der Waals surface area contributed by atoms with Gasteiger partial charge in [-0.3, -0.25) is 9.59 Å². The Morgan fingerprint density at radius 2 is 1.41 bits per heavy atom. The first kappa shape index (κ1) is 20.7. The molecule has 0 aliphatic rings. The molecule has 0 aromatic heterocycles. The molecule has 1 N–H and O–H groups in total. The SMILES string of the molecule is CSc1ccccc1NC(=O)COC(=O)CC(c1ccccc1)c1ccccc1. The van der Waals surface area contributed by atoms with Crippen molar-refractivity contribution in [1.82, 2.24) is 0 Å². The standard InChI is InChI=1S/C24H23NO3S/c1-29-22-15-9-8-14-21(22)25-23(26)17-28-24(27)16-20(18-10-4-2-5-11-18)19-12-6-3-7-13-19/h2-15,20H,16-17H2,1H3,(H,25,26). The largest absolute Gasteiger partial charge is 0.456 e. The molecule has 0 aliphatic carbocycles. The molecule has 0 heterocycles. The highest BCUT2D eigenvalue weighted by Gasteiger charge is 2.19. The Kier molecular flexibility index (Phi) is 7.47. The zero-order chi connectivity index (χ0) is 20.5. The number of carbonyl (C=O) groups is 2. The lowest BCUT2D eigenvalue weighted by molar-refractivity contribution is -0.147. The molecule has 0 unspecified atom stereocenters. The van der Waals surface area contributed by atoms with Crippen molar-refractivity contribution in [1.29, 1.82) is 0 Å². The lowest BCUT2D eigenvalue weighted by Crippen LogP contribution is -2.22. The van der Waals surface area contributed by atoms with E-state index in [1.165, 1.54) is 0 Å². The highest BCUT2D eigenvalue weighted by Crippen LogP contribution is 2.28. The summed E-state index contributed by atoms with van der Waals surface area (Å²) < 4.78 is 5.27. The van der Waals surface area contributed by atoms with Crippen LogP contribution in [-0.2, 0) is 14.3 Å². The van der Waals surface area contributed by atoms with Crippen molar-refractivity contribution in [2.24, 2.45) is 0 Å². The first-order chi connectivity index (χ1) is 14.2. The molecular weight excluding hydrogens is 382 g/mol. The number of hydrogen-bond acceptors (Lipinski definition) is 4. The summed E-state index contributed by atoms with van der Waals surface area (Å²) in [6.07, 6.45) is 2.11. The van der Waals surface area contributed by atoms with E-state index in [-0.39, 0.29) is 24.9 Å². The van der Waals surface area contributed by atoms with E-state index >= 15 is 0 Å². The van der Waals surface area contributed by atoms with Crippen LogP contribution in [0.1, 0.15) is 23.5 Å². The first-order valence-electron chi connectivity index (χ1n) is 9.35. The molecule has 0 atom stereocenters. The van der Waals surface area contributed by atoms with Crippen molar-refractivity contribution in [2.75, 3.05) is 18.2 Å². The molecule has 0 aliphatic heterocycles. The van der Waals surface area contributed by atoms with Crippen molar-refractivity contribution in [3.63, 3.8) is 0 Å². The Balaban J connectivity index is 1.61. The summed E-state index contributed by atoms with van der Waals surface area (Å²) in [6, 6.07) is 27.2. The van der Waals surface area contributed by atoms with Crippen LogP contribution in [0.25, 0.3) is 0 Å². The number of amides is 1. The number of thioether (sulfide) groups is 1. The molecule has 0 saturated carbocycles. The molecule has 0 saturated heterocycles. The summed E-state index contributed by atoms with van der Waals surface area (Å²) in [5.41, 5.74) is 2.79. The molecule has 0 radical (unpaired) electrons. The molecule has 4 nitrogen and oxygen atoms in total. The van der Waals surface area contributed by atoms with Crippen molar-refractivity contribution >= 4 is 29.3 Å². The van der Waals surface area contributed by atoms with E-state index in [0.29, 0.717) is 5.69 Å². The van der Waals surface area contributed by atoms with E-state index in [0.717, 1.165) is 16.0 Å². The minimum absolute atomic E-state index is 0.120. The maximum Gasteiger partial charge on any atom is 0.307 e. The zero-order valence-corrected chi connectivity index (χ0v) is 17.0. The van der Waals surface area contributed by atoms with Crippen molar-refractivity contribution < 1.29 is 14.3 Å². The molecule has 5 heteroatoms. The second kappa shape index (κ2) is 10.5. The molecule has 0 bridgehead atoms. The van der Waals surface area contributed by atoms with E-state index in [9.17, 15) is 9.59 Å². The Hall–Kier alpha value is -3.05. The summed E-state index contributed by atoms with van der Waals surface area (Å²) in [4.78, 5) is 25.6. The van der Waals surface area contributed by atoms with Crippen molar-refractivity contribution in [3.05, 3.63) is 96.1 Å². The van der Waals surface area contributed by atoms with Crippen LogP contribution in [0.2, 0.25) is 0 Å². The summed E-state index contributed by atoms with van der Waals surface area (Å²) in [5.74, 6) is -0.878. The Labute approximate surface area is 175 Å². The highest BCUT2D eigenvalue weighted by molar-refractivity contribution is 7.98. The van der Waals surface area contributed by atoms with Crippen LogP contribution in [0.4, 0.5) is 5.69 Å². The predicted octanol–water partition coefficient (Wildman–Crippen LogP) is 5.11. The van der Waals surface area contributed by atoms with Gasteiger partial charge in [0.05, 0.1) is 12.1 Å². The smallest absolute Gasteiger partial charge is 0.307 e. The number of hydrogen-bond donors (Lipinski definition) is 1. The van der Waals surface area contributed by atoms with Gasteiger partial charge < -0.3 is 10.1 Å². The van der Waals surface area contributed by atoms with Crippen LogP contribution < -0.4 is 5.32 Å². The lowest BCUT2D eigenvalue weighted by Gasteiger charge is -2.17. The number of esters is 1. The molecular formula is C24H23NO3S. The van der Waals surface area contributed by atoms with Gasteiger partial charge in [-0.1, -0.05) is 72.8 Å². The average molecular weight is 406 g/mol. The first-order valence-corrected chi connectivity index (χ1v) is 10.6. The van der Waals surface area contributed by atoms with Gasteiger partial charge in [-0.05, 0) is 29.5 Å². The van der Waals surface area contributed by atoms with Crippen LogP contribution in [0.5, 0.6) is 0 Å². The van der Waals surface area contributed by atoms with E-state index in [2.05, 4.69) is 5.32 Å². The van der Waals surface area contributed by atoms with Gasteiger partial charge in [0, 0.05) is 10.8 Å². The fourth-order valence-electron chi connectivity index (χ4n) is 3.10. The molecule has 29 heavy (non-hydrogen) atoms. The predicted molar refractivity (Wildman–Crippen MR) is 117 cm³/mol. The van der Waals surface area contributed by atoms with Gasteiger partial charge in [-0.15, -0.1) is 11.8 Å². The van der Waals surface area contributed by atoms with Gasteiger partial charge in [-0.2, -0.15) is 0 Å². The molecule has 0 spiro atoms. The maximum absolute atomic E-state index is 12.5. The number of rotatable bonds is 8. The summed E-state index contributed by atoms with van der Waals surface area (Å²) in [6.45, 7) is -0.308. The normalized spacial score (nSPS) is 10.6. The number of carbonyl (C=O) groups excluding carboxylic acids is 2. The van der Waals surface area contributed by atoms with E-state index < -0.39 is 5.97 Å². The average Bonchev–Trinajstić information content (AvgIpc) is 2.77. The number of benzene rings is 3. The Bertz CT molecular complexity index is 905. The van der Waals surface area contributed by atoms with E-state index in [1.54, 1.807) is 11.8 Å². The fraction of sp³-hybridized carbons (Fsp3) is 0.167. The maximum atomic E-state index is 12.5. The highest BCUT2D eigenvalue weighted by atomic mass is 32.2. The van der Waals surface area contributed by atoms with Crippen molar-refractivity contribution in [3.8, 4) is 0 Å².